The van der Waals surface area contributed by atoms with Crippen LogP contribution in [0.4, 0.5) is 0 Å². The lowest BCUT2D eigenvalue weighted by Crippen LogP contribution is -2.53. The number of ether oxygens (including phenoxy) is 2. The second-order valence-electron chi connectivity index (χ2n) is 6.21. The Morgan fingerprint density at radius 1 is 1.25 bits per heavy atom. The summed E-state index contributed by atoms with van der Waals surface area (Å²) in [7, 11) is 6.70. The molecule has 134 valence electrons. The van der Waals surface area contributed by atoms with Gasteiger partial charge in [-0.05, 0) is 19.4 Å². The van der Waals surface area contributed by atoms with Crippen molar-refractivity contribution < 1.29 is 28.7 Å². The average Bonchev–Trinajstić information content (AvgIpc) is 2.49. The molecule has 0 heterocycles. The predicted molar refractivity (Wildman–Crippen MR) is 92.8 cm³/mol. The maximum Gasteiger partial charge on any atom is 0.338 e. The predicted octanol–water partition coefficient (Wildman–Crippen LogP) is 1.73. The zero-order chi connectivity index (χ0) is 18.9. The molecular weight excluding hydrogens is 310 g/mol. The molecule has 0 aliphatic heterocycles. The Hall–Kier alpha value is -2.18. The number of quaternary nitrogens is 1. The van der Waals surface area contributed by atoms with E-state index in [0.29, 0.717) is 0 Å². The minimum absolute atomic E-state index is 0.119. The van der Waals surface area contributed by atoms with Crippen molar-refractivity contribution in [2.45, 2.75) is 25.7 Å². The summed E-state index contributed by atoms with van der Waals surface area (Å²) >= 11 is 0. The number of aliphatic hydroxyl groups is 1. The van der Waals surface area contributed by atoms with Crippen molar-refractivity contribution in [3.63, 3.8) is 0 Å². The Kier molecular flexibility index (Phi) is 8.95. The van der Waals surface area contributed by atoms with Gasteiger partial charge in [-0.2, -0.15) is 0 Å². The first-order valence-electron chi connectivity index (χ1n) is 7.50. The highest BCUT2D eigenvalue weighted by molar-refractivity contribution is 5.92. The van der Waals surface area contributed by atoms with E-state index in [1.54, 1.807) is 13.0 Å². The van der Waals surface area contributed by atoms with Crippen molar-refractivity contribution in [1.29, 1.82) is 0 Å². The summed E-state index contributed by atoms with van der Waals surface area (Å²) in [5, 5.41) is 9.78. The molecule has 2 unspecified atom stereocenters. The number of carbonyl (C=O) groups excluding carboxylic acids is 2. The fourth-order valence-electron chi connectivity index (χ4n) is 1.92. The minimum atomic E-state index is -0.835. The van der Waals surface area contributed by atoms with E-state index in [0.717, 1.165) is 0 Å². The number of aliphatic hydroxyl groups excluding tert-OH is 1. The molecule has 24 heavy (non-hydrogen) atoms. The molecule has 0 aromatic rings. The third kappa shape index (κ3) is 7.39. The summed E-state index contributed by atoms with van der Waals surface area (Å²) in [5.74, 6) is -1.15. The number of hydrogen-bond donors (Lipinski definition) is 1. The zero-order valence-corrected chi connectivity index (χ0v) is 15.1. The molecule has 2 atom stereocenters. The smallest absolute Gasteiger partial charge is 0.338 e. The Morgan fingerprint density at radius 3 is 2.25 bits per heavy atom. The van der Waals surface area contributed by atoms with E-state index in [-0.39, 0.29) is 22.1 Å². The normalized spacial score (nSPS) is 14.8. The number of esters is 2. The van der Waals surface area contributed by atoms with Gasteiger partial charge in [0.05, 0.1) is 33.8 Å². The number of carbonyl (C=O) groups is 2. The average molecular weight is 338 g/mol. The van der Waals surface area contributed by atoms with Gasteiger partial charge in [-0.15, -0.1) is 0 Å². The second kappa shape index (κ2) is 9.85. The van der Waals surface area contributed by atoms with Gasteiger partial charge >= 0.3 is 11.9 Å². The Balaban J connectivity index is 5.05. The molecule has 0 fully saturated rings. The topological polar surface area (TPSA) is 72.8 Å². The molecule has 0 saturated heterocycles. The number of allylic oxidation sites excluding steroid dienone is 3. The highest BCUT2D eigenvalue weighted by atomic mass is 16.6. The number of hydrogen-bond acceptors (Lipinski definition) is 5. The van der Waals surface area contributed by atoms with Crippen LogP contribution in [0.2, 0.25) is 0 Å². The van der Waals surface area contributed by atoms with Gasteiger partial charge in [0.15, 0.2) is 0 Å². The molecule has 6 heteroatoms. The Bertz CT molecular complexity index is 538. The summed E-state index contributed by atoms with van der Waals surface area (Å²) in [6.07, 6.45) is 4.73. The lowest BCUT2D eigenvalue weighted by Gasteiger charge is -2.34. The van der Waals surface area contributed by atoms with E-state index in [1.807, 2.05) is 21.1 Å². The first kappa shape index (κ1) is 21.8. The van der Waals surface area contributed by atoms with E-state index in [4.69, 9.17) is 4.74 Å². The van der Waals surface area contributed by atoms with Gasteiger partial charge in [-0.3, -0.25) is 4.48 Å². The van der Waals surface area contributed by atoms with Crippen molar-refractivity contribution in [2.75, 3.05) is 28.3 Å². The molecule has 1 N–H and O–H groups in total. The van der Waals surface area contributed by atoms with Crippen molar-refractivity contribution in [3.05, 3.63) is 48.6 Å². The van der Waals surface area contributed by atoms with Crippen LogP contribution in [0.15, 0.2) is 48.6 Å². The molecule has 0 aromatic carbocycles. The third-order valence-corrected chi connectivity index (χ3v) is 3.09. The van der Waals surface area contributed by atoms with Gasteiger partial charge in [0.1, 0.15) is 6.10 Å². The molecule has 0 radical (unpaired) electrons. The van der Waals surface area contributed by atoms with Crippen LogP contribution >= 0.6 is 0 Å². The molecule has 0 rings (SSSR count). The molecule has 0 aliphatic carbocycles. The van der Waals surface area contributed by atoms with E-state index < -0.39 is 24.3 Å². The fourth-order valence-corrected chi connectivity index (χ4v) is 1.92. The maximum absolute atomic E-state index is 12.1. The number of nitrogens with zero attached hydrogens (tertiary/aromatic N) is 1. The first-order chi connectivity index (χ1) is 11.0. The quantitative estimate of drug-likeness (QED) is 0.228. The Morgan fingerprint density at radius 2 is 1.83 bits per heavy atom. The van der Waals surface area contributed by atoms with Gasteiger partial charge < -0.3 is 14.6 Å². The van der Waals surface area contributed by atoms with Crippen molar-refractivity contribution >= 4 is 11.9 Å². The van der Waals surface area contributed by atoms with Gasteiger partial charge in [-0.25, -0.2) is 9.59 Å². The van der Waals surface area contributed by atoms with E-state index >= 15 is 0 Å². The Labute approximate surface area is 143 Å². The van der Waals surface area contributed by atoms with Gasteiger partial charge in [0, 0.05) is 5.57 Å². The van der Waals surface area contributed by atoms with Crippen LogP contribution in [-0.2, 0) is 19.1 Å². The van der Waals surface area contributed by atoms with Gasteiger partial charge in [-0.1, -0.05) is 31.4 Å². The van der Waals surface area contributed by atoms with Crippen LogP contribution in [0.25, 0.3) is 0 Å². The molecule has 0 amide bonds. The van der Waals surface area contributed by atoms with Crippen molar-refractivity contribution in [2.24, 2.45) is 0 Å². The lowest BCUT2D eigenvalue weighted by atomic mass is 10.1. The van der Waals surface area contributed by atoms with Gasteiger partial charge in [0.25, 0.3) is 6.23 Å². The molecular formula is C18H28NO5+. The monoisotopic (exact) mass is 338 g/mol. The summed E-state index contributed by atoms with van der Waals surface area (Å²) in [6.45, 7) is 8.77. The van der Waals surface area contributed by atoms with E-state index in [9.17, 15) is 14.7 Å². The lowest BCUT2D eigenvalue weighted by molar-refractivity contribution is -0.920. The van der Waals surface area contributed by atoms with Crippen LogP contribution in [0.1, 0.15) is 13.3 Å². The minimum Gasteiger partial charge on any atom is -0.465 e. The summed E-state index contributed by atoms with van der Waals surface area (Å²) in [4.78, 5) is 23.8. The van der Waals surface area contributed by atoms with Crippen LogP contribution < -0.4 is 0 Å². The number of methoxy groups -OCH3 is 1. The zero-order valence-electron chi connectivity index (χ0n) is 15.1. The van der Waals surface area contributed by atoms with Crippen LogP contribution in [0.3, 0.4) is 0 Å². The summed E-state index contributed by atoms with van der Waals surface area (Å²) in [6, 6.07) is 0. The largest absolute Gasteiger partial charge is 0.465 e. The van der Waals surface area contributed by atoms with E-state index in [1.165, 1.54) is 25.3 Å². The van der Waals surface area contributed by atoms with Crippen molar-refractivity contribution in [1.82, 2.24) is 0 Å². The number of likely N-dealkylation sites (N-methyl/N-ethyl adjacent to an activating group) is 1. The van der Waals surface area contributed by atoms with Crippen molar-refractivity contribution in [3.8, 4) is 0 Å². The first-order valence-corrected chi connectivity index (χ1v) is 7.50. The molecule has 6 nitrogen and oxygen atoms in total. The molecule has 0 aliphatic rings. The molecule has 0 aromatic heterocycles. The molecule has 0 bridgehead atoms. The standard InChI is InChI=1S/C18H28NO5/c1-8-9-10-15(18(22)23-7)12-11-13(2)17(21)24-16(14(3)20)19(4,5)6/h8-10,12,14,16,20H,1-2,11H2,3-7H3/q+1. The highest BCUT2D eigenvalue weighted by Crippen LogP contribution is 2.14. The highest BCUT2D eigenvalue weighted by Gasteiger charge is 2.33. The van der Waals surface area contributed by atoms with E-state index in [2.05, 4.69) is 17.9 Å². The van der Waals surface area contributed by atoms with Gasteiger partial charge in [0.2, 0.25) is 0 Å². The maximum atomic E-state index is 12.1. The third-order valence-electron chi connectivity index (χ3n) is 3.09. The fraction of sp³-hybridized carbons (Fsp3) is 0.444. The molecule has 0 saturated carbocycles. The summed E-state index contributed by atoms with van der Waals surface area (Å²) in [5.41, 5.74) is 0.451. The SMILES string of the molecule is C=CC=CC(=CCC(=C)C(=O)OC(C(C)O)[N+](C)(C)C)C(=O)OC. The second-order valence-corrected chi connectivity index (χ2v) is 6.21. The van der Waals surface area contributed by atoms with Crippen LogP contribution in [-0.4, -0.2) is 62.1 Å². The van der Waals surface area contributed by atoms with Crippen LogP contribution in [0.5, 0.6) is 0 Å². The number of rotatable bonds is 9. The molecule has 0 spiro atoms. The van der Waals surface area contributed by atoms with Crippen LogP contribution in [0, 0.1) is 0 Å². The summed E-state index contributed by atoms with van der Waals surface area (Å²) < 4.78 is 10.3.